The zero-order valence-electron chi connectivity index (χ0n) is 19.4. The number of fused-ring (bicyclic) bond motifs is 1. The largest absolute Gasteiger partial charge is 0.484 e. The number of aromatic nitrogens is 1. The normalized spacial score (nSPS) is 18.3. The van der Waals surface area contributed by atoms with E-state index in [1.54, 1.807) is 24.4 Å². The minimum atomic E-state index is -0.908. The molecule has 0 fully saturated rings. The van der Waals surface area contributed by atoms with E-state index < -0.39 is 23.7 Å². The van der Waals surface area contributed by atoms with Crippen LogP contribution in [0.2, 0.25) is 0 Å². The highest BCUT2D eigenvalue weighted by Gasteiger charge is 2.47. The van der Waals surface area contributed by atoms with E-state index in [9.17, 15) is 14.9 Å². The Balaban J connectivity index is 1.68. The maximum atomic E-state index is 13.2. The molecule has 0 bridgehead atoms. The summed E-state index contributed by atoms with van der Waals surface area (Å²) in [6.45, 7) is 5.67. The Morgan fingerprint density at radius 2 is 1.82 bits per heavy atom. The molecular formula is C27H26N2O5. The summed E-state index contributed by atoms with van der Waals surface area (Å²) < 4.78 is 19.1. The smallest absolute Gasteiger partial charge is 0.303 e. The summed E-state index contributed by atoms with van der Waals surface area (Å²) in [5.41, 5.74) is 1.64. The Morgan fingerprint density at radius 3 is 2.50 bits per heavy atom. The quantitative estimate of drug-likeness (QED) is 0.516. The average molecular weight is 459 g/mol. The molecule has 7 heteroatoms. The van der Waals surface area contributed by atoms with Gasteiger partial charge in [0.1, 0.15) is 17.4 Å². The minimum absolute atomic E-state index is 0.269. The molecule has 2 atom stereocenters. The van der Waals surface area contributed by atoms with E-state index in [4.69, 9.17) is 14.2 Å². The van der Waals surface area contributed by atoms with E-state index in [2.05, 4.69) is 6.07 Å². The number of hydrogen-bond donors (Lipinski definition) is 0. The van der Waals surface area contributed by atoms with Gasteiger partial charge in [-0.25, -0.2) is 0 Å². The van der Waals surface area contributed by atoms with Gasteiger partial charge in [-0.05, 0) is 49.2 Å². The first kappa shape index (κ1) is 23.3. The molecule has 0 N–H and O–H groups in total. The van der Waals surface area contributed by atoms with Gasteiger partial charge in [0.15, 0.2) is 6.10 Å². The van der Waals surface area contributed by atoms with Crippen LogP contribution in [0.5, 0.6) is 5.75 Å². The van der Waals surface area contributed by atoms with E-state index in [1.165, 1.54) is 17.6 Å². The van der Waals surface area contributed by atoms with Crippen LogP contribution < -0.4 is 10.3 Å². The zero-order chi connectivity index (χ0) is 24.3. The molecule has 174 valence electrons. The average Bonchev–Trinajstić information content (AvgIpc) is 2.80. The number of ether oxygens (including phenoxy) is 3. The van der Waals surface area contributed by atoms with Crippen LogP contribution in [0.15, 0.2) is 71.7 Å². The first-order valence-corrected chi connectivity index (χ1v) is 11.0. The molecule has 1 aliphatic heterocycles. The molecule has 2 heterocycles. The van der Waals surface area contributed by atoms with E-state index >= 15 is 0 Å². The van der Waals surface area contributed by atoms with E-state index in [-0.39, 0.29) is 12.2 Å². The van der Waals surface area contributed by atoms with Gasteiger partial charge in [0, 0.05) is 24.8 Å². The molecule has 0 aliphatic carbocycles. The van der Waals surface area contributed by atoms with Gasteiger partial charge in [0.2, 0.25) is 0 Å². The van der Waals surface area contributed by atoms with E-state index in [0.717, 1.165) is 11.1 Å². The van der Waals surface area contributed by atoms with E-state index in [1.807, 2.05) is 50.2 Å². The van der Waals surface area contributed by atoms with Crippen LogP contribution in [-0.2, 0) is 27.5 Å². The van der Waals surface area contributed by atoms with Crippen LogP contribution in [0.25, 0.3) is 0 Å². The third-order valence-corrected chi connectivity index (χ3v) is 5.79. The SMILES string of the molecule is CC(=O)OC1C(n2ccc(COCc3ccccc3)cc2=O)c2cc(C#N)ccc2OC1(C)C. The predicted molar refractivity (Wildman–Crippen MR) is 125 cm³/mol. The van der Waals surface area contributed by atoms with E-state index in [0.29, 0.717) is 23.5 Å². The molecule has 0 saturated heterocycles. The third-order valence-electron chi connectivity index (χ3n) is 5.79. The molecular weight excluding hydrogens is 432 g/mol. The van der Waals surface area contributed by atoms with Gasteiger partial charge in [-0.2, -0.15) is 5.26 Å². The third kappa shape index (κ3) is 4.87. The number of hydrogen-bond acceptors (Lipinski definition) is 6. The summed E-state index contributed by atoms with van der Waals surface area (Å²) in [5, 5.41) is 9.41. The second-order valence-electron chi connectivity index (χ2n) is 8.80. The van der Waals surface area contributed by atoms with Crippen molar-refractivity contribution in [2.24, 2.45) is 0 Å². The summed E-state index contributed by atoms with van der Waals surface area (Å²) in [7, 11) is 0. The number of nitriles is 1. The Bertz CT molecular complexity index is 1290. The lowest BCUT2D eigenvalue weighted by molar-refractivity contribution is -0.163. The van der Waals surface area contributed by atoms with Crippen LogP contribution in [-0.4, -0.2) is 22.2 Å². The molecule has 1 aliphatic rings. The second-order valence-corrected chi connectivity index (χ2v) is 8.80. The summed E-state index contributed by atoms with van der Waals surface area (Å²) in [6.07, 6.45) is 0.888. The predicted octanol–water partition coefficient (Wildman–Crippen LogP) is 4.13. The van der Waals surface area contributed by atoms with Crippen LogP contribution in [0.4, 0.5) is 0 Å². The molecule has 0 spiro atoms. The van der Waals surface area contributed by atoms with Crippen LogP contribution in [0.1, 0.15) is 49.1 Å². The number of rotatable bonds is 6. The van der Waals surface area contributed by atoms with Crippen molar-refractivity contribution in [3.8, 4) is 11.8 Å². The fourth-order valence-electron chi connectivity index (χ4n) is 4.22. The van der Waals surface area contributed by atoms with Crippen molar-refractivity contribution >= 4 is 5.97 Å². The summed E-state index contributed by atoms with van der Waals surface area (Å²) >= 11 is 0. The highest BCUT2D eigenvalue weighted by Crippen LogP contribution is 2.43. The Kier molecular flexibility index (Phi) is 6.53. The topological polar surface area (TPSA) is 90.5 Å². The van der Waals surface area contributed by atoms with Crippen LogP contribution in [0, 0.1) is 11.3 Å². The molecule has 2 unspecified atom stereocenters. The number of carbonyl (C=O) groups is 1. The number of pyridine rings is 1. The Hall–Kier alpha value is -3.89. The lowest BCUT2D eigenvalue weighted by atomic mass is 9.85. The lowest BCUT2D eigenvalue weighted by Gasteiger charge is -2.44. The molecule has 0 amide bonds. The standard InChI is InChI=1S/C27H26N2O5/c1-18(30)33-26-25(22-13-20(15-28)9-10-23(22)34-27(26,2)3)29-12-11-21(14-24(29)31)17-32-16-19-7-5-4-6-8-19/h4-14,25-26H,16-17H2,1-3H3. The van der Waals surface area contributed by atoms with Crippen LogP contribution >= 0.6 is 0 Å². The number of carbonyl (C=O) groups excluding carboxylic acids is 1. The van der Waals surface area contributed by atoms with Crippen molar-refractivity contribution in [3.63, 3.8) is 0 Å². The second kappa shape index (κ2) is 9.54. The fourth-order valence-corrected chi connectivity index (χ4v) is 4.22. The van der Waals surface area contributed by atoms with Crippen molar-refractivity contribution in [3.05, 3.63) is 99.5 Å². The summed E-state index contributed by atoms with van der Waals surface area (Å²) in [4.78, 5) is 25.2. The van der Waals surface area contributed by atoms with Crippen molar-refractivity contribution in [1.82, 2.24) is 4.57 Å². The highest BCUT2D eigenvalue weighted by molar-refractivity contribution is 5.66. The van der Waals surface area contributed by atoms with Gasteiger partial charge < -0.3 is 18.8 Å². The van der Waals surface area contributed by atoms with Crippen molar-refractivity contribution < 1.29 is 19.0 Å². The molecule has 0 saturated carbocycles. The first-order chi connectivity index (χ1) is 16.3. The first-order valence-electron chi connectivity index (χ1n) is 11.0. The van der Waals surface area contributed by atoms with Gasteiger partial charge in [0.25, 0.3) is 5.56 Å². The van der Waals surface area contributed by atoms with Gasteiger partial charge >= 0.3 is 5.97 Å². The molecule has 7 nitrogen and oxygen atoms in total. The minimum Gasteiger partial charge on any atom is -0.484 e. The van der Waals surface area contributed by atoms with Crippen molar-refractivity contribution in [1.29, 1.82) is 5.26 Å². The maximum Gasteiger partial charge on any atom is 0.303 e. The molecule has 3 aromatic rings. The molecule has 4 rings (SSSR count). The van der Waals surface area contributed by atoms with Crippen molar-refractivity contribution in [2.45, 2.75) is 51.7 Å². The van der Waals surface area contributed by atoms with Gasteiger partial charge in [-0.1, -0.05) is 30.3 Å². The molecule has 2 aromatic carbocycles. The van der Waals surface area contributed by atoms with Crippen LogP contribution in [0.3, 0.4) is 0 Å². The highest BCUT2D eigenvalue weighted by atomic mass is 16.6. The maximum absolute atomic E-state index is 13.2. The summed E-state index contributed by atoms with van der Waals surface area (Å²) in [6, 6.07) is 19.6. The fraction of sp³-hybridized carbons (Fsp3) is 0.296. The lowest BCUT2D eigenvalue weighted by Crippen LogP contribution is -2.54. The van der Waals surface area contributed by atoms with Gasteiger partial charge in [-0.3, -0.25) is 9.59 Å². The van der Waals surface area contributed by atoms with Gasteiger partial charge in [-0.15, -0.1) is 0 Å². The molecule has 1 aromatic heterocycles. The molecule has 0 radical (unpaired) electrons. The number of nitrogens with zero attached hydrogens (tertiary/aromatic N) is 2. The monoisotopic (exact) mass is 458 g/mol. The zero-order valence-corrected chi connectivity index (χ0v) is 19.4. The summed E-state index contributed by atoms with van der Waals surface area (Å²) in [5.74, 6) is 0.0603. The number of benzene rings is 2. The Morgan fingerprint density at radius 1 is 1.09 bits per heavy atom. The Labute approximate surface area is 198 Å². The number of esters is 1. The van der Waals surface area contributed by atoms with Crippen molar-refractivity contribution in [2.75, 3.05) is 0 Å². The van der Waals surface area contributed by atoms with Gasteiger partial charge in [0.05, 0.1) is 24.8 Å². The molecule has 34 heavy (non-hydrogen) atoms.